The van der Waals surface area contributed by atoms with Gasteiger partial charge >= 0.3 is 5.97 Å². The third kappa shape index (κ3) is 3.45. The van der Waals surface area contributed by atoms with Crippen LogP contribution in [0.15, 0.2) is 36.4 Å². The molecule has 4 heteroatoms. The first-order chi connectivity index (χ1) is 8.45. The highest BCUT2D eigenvalue weighted by molar-refractivity contribution is 5.93. The van der Waals surface area contributed by atoms with E-state index in [0.29, 0.717) is 17.7 Å². The zero-order chi connectivity index (χ0) is 13.7. The van der Waals surface area contributed by atoms with E-state index >= 15 is 0 Å². The van der Waals surface area contributed by atoms with Gasteiger partial charge in [0.25, 0.3) is 0 Å². The predicted molar refractivity (Wildman–Crippen MR) is 70.9 cm³/mol. The molecule has 0 bridgehead atoms. The van der Waals surface area contributed by atoms with Crippen LogP contribution >= 0.6 is 0 Å². The summed E-state index contributed by atoms with van der Waals surface area (Å²) >= 11 is 0. The molecule has 0 unspecified atom stereocenters. The number of hydrogen-bond donors (Lipinski definition) is 0. The first-order valence-corrected chi connectivity index (χ1v) is 5.54. The van der Waals surface area contributed by atoms with Crippen molar-refractivity contribution in [3.05, 3.63) is 42.0 Å². The van der Waals surface area contributed by atoms with E-state index in [0.717, 1.165) is 5.69 Å². The van der Waals surface area contributed by atoms with E-state index in [-0.39, 0.29) is 11.8 Å². The lowest BCUT2D eigenvalue weighted by Gasteiger charge is -2.19. The molecule has 0 N–H and O–H groups in total. The zero-order valence-corrected chi connectivity index (χ0v) is 10.9. The fourth-order valence-electron chi connectivity index (χ4n) is 1.46. The van der Waals surface area contributed by atoms with Gasteiger partial charge < -0.3 is 9.64 Å². The molecule has 0 atom stereocenters. The molecule has 0 aliphatic heterocycles. The van der Waals surface area contributed by atoms with Crippen LogP contribution in [0.1, 0.15) is 17.3 Å². The molecule has 1 rings (SSSR count). The largest absolute Gasteiger partial charge is 0.465 e. The Hall–Kier alpha value is -2.10. The van der Waals surface area contributed by atoms with Crippen LogP contribution in [0.5, 0.6) is 0 Å². The molecule has 0 saturated carbocycles. The second-order valence-corrected chi connectivity index (χ2v) is 4.05. The number of ether oxygens (including phenoxy) is 1. The maximum absolute atomic E-state index is 11.3. The van der Waals surface area contributed by atoms with Gasteiger partial charge in [0.2, 0.25) is 0 Å². The number of rotatable bonds is 5. The number of carbonyl (C=O) groups excluding carboxylic acids is 2. The van der Waals surface area contributed by atoms with Gasteiger partial charge in [-0.1, -0.05) is 6.58 Å². The third-order valence-electron chi connectivity index (χ3n) is 2.66. The van der Waals surface area contributed by atoms with Crippen LogP contribution in [0.4, 0.5) is 5.69 Å². The summed E-state index contributed by atoms with van der Waals surface area (Å²) in [5.41, 5.74) is 1.96. The topological polar surface area (TPSA) is 46.6 Å². The zero-order valence-electron chi connectivity index (χ0n) is 10.9. The van der Waals surface area contributed by atoms with Gasteiger partial charge in [0.1, 0.15) is 0 Å². The normalized spacial score (nSPS) is 9.72. The van der Waals surface area contributed by atoms with Gasteiger partial charge in [-0.15, -0.1) is 0 Å². The standard InChI is InChI=1S/C14H17NO3/c1-10(11(2)16)9-15(3)13-7-5-12(6-8-13)14(17)18-4/h5-8H,1,9H2,2-4H3. The van der Waals surface area contributed by atoms with E-state index in [1.54, 1.807) is 24.3 Å². The summed E-state index contributed by atoms with van der Waals surface area (Å²) in [7, 11) is 3.21. The van der Waals surface area contributed by atoms with Crippen molar-refractivity contribution in [1.29, 1.82) is 0 Å². The molecule has 0 aliphatic carbocycles. The summed E-state index contributed by atoms with van der Waals surface area (Å²) in [5.74, 6) is -0.384. The molecule has 0 heterocycles. The maximum Gasteiger partial charge on any atom is 0.337 e. The lowest BCUT2D eigenvalue weighted by Crippen LogP contribution is -2.22. The smallest absolute Gasteiger partial charge is 0.337 e. The van der Waals surface area contributed by atoms with Gasteiger partial charge in [-0.2, -0.15) is 0 Å². The fourth-order valence-corrected chi connectivity index (χ4v) is 1.46. The molecule has 96 valence electrons. The molecule has 1 aromatic rings. The van der Waals surface area contributed by atoms with E-state index in [1.165, 1.54) is 14.0 Å². The van der Waals surface area contributed by atoms with Gasteiger partial charge in [0, 0.05) is 24.9 Å². The van der Waals surface area contributed by atoms with Crippen molar-refractivity contribution in [3.63, 3.8) is 0 Å². The minimum absolute atomic E-state index is 0.0203. The summed E-state index contributed by atoms with van der Waals surface area (Å²) in [6.45, 7) is 5.68. The first kappa shape index (κ1) is 14.0. The van der Waals surface area contributed by atoms with Crippen molar-refractivity contribution in [1.82, 2.24) is 0 Å². The van der Waals surface area contributed by atoms with Crippen molar-refractivity contribution in [2.24, 2.45) is 0 Å². The summed E-state index contributed by atoms with van der Waals surface area (Å²) in [6, 6.07) is 6.99. The summed E-state index contributed by atoms with van der Waals surface area (Å²) in [5, 5.41) is 0. The average molecular weight is 247 g/mol. The Labute approximate surface area is 107 Å². The molecule has 0 aromatic heterocycles. The van der Waals surface area contributed by atoms with Crippen molar-refractivity contribution in [2.45, 2.75) is 6.92 Å². The molecule has 0 spiro atoms. The van der Waals surface area contributed by atoms with E-state index in [1.807, 2.05) is 11.9 Å². The Kier molecular flexibility index (Phi) is 4.66. The Morgan fingerprint density at radius 3 is 2.28 bits per heavy atom. The predicted octanol–water partition coefficient (Wildman–Crippen LogP) is 2.05. The van der Waals surface area contributed by atoms with Crippen LogP contribution in [-0.4, -0.2) is 32.5 Å². The molecular formula is C14H17NO3. The van der Waals surface area contributed by atoms with E-state index in [4.69, 9.17) is 0 Å². The van der Waals surface area contributed by atoms with Crippen molar-refractivity contribution in [2.75, 3.05) is 25.6 Å². The second kappa shape index (κ2) is 6.00. The average Bonchev–Trinajstić information content (AvgIpc) is 2.37. The molecule has 0 amide bonds. The molecule has 18 heavy (non-hydrogen) atoms. The minimum atomic E-state index is -0.364. The summed E-state index contributed by atoms with van der Waals surface area (Å²) < 4.78 is 4.62. The Bertz CT molecular complexity index is 462. The van der Waals surface area contributed by atoms with Crippen LogP contribution < -0.4 is 4.90 Å². The van der Waals surface area contributed by atoms with E-state index < -0.39 is 0 Å². The highest BCUT2D eigenvalue weighted by atomic mass is 16.5. The summed E-state index contributed by atoms with van der Waals surface area (Å²) in [4.78, 5) is 24.3. The van der Waals surface area contributed by atoms with Crippen molar-refractivity contribution in [3.8, 4) is 0 Å². The van der Waals surface area contributed by atoms with Crippen LogP contribution in [-0.2, 0) is 9.53 Å². The first-order valence-electron chi connectivity index (χ1n) is 5.54. The Balaban J connectivity index is 2.76. The quantitative estimate of drug-likeness (QED) is 0.590. The Morgan fingerprint density at radius 1 is 1.28 bits per heavy atom. The van der Waals surface area contributed by atoms with Crippen LogP contribution in [0.2, 0.25) is 0 Å². The van der Waals surface area contributed by atoms with Crippen LogP contribution in [0.3, 0.4) is 0 Å². The number of hydrogen-bond acceptors (Lipinski definition) is 4. The minimum Gasteiger partial charge on any atom is -0.465 e. The number of esters is 1. The number of methoxy groups -OCH3 is 1. The van der Waals surface area contributed by atoms with E-state index in [9.17, 15) is 9.59 Å². The van der Waals surface area contributed by atoms with Crippen molar-refractivity contribution < 1.29 is 14.3 Å². The Morgan fingerprint density at radius 2 is 1.83 bits per heavy atom. The fraction of sp³-hybridized carbons (Fsp3) is 0.286. The number of anilines is 1. The number of Topliss-reactive ketones (excluding diaryl/α,β-unsaturated/α-hetero) is 1. The second-order valence-electron chi connectivity index (χ2n) is 4.05. The molecule has 0 aliphatic rings. The van der Waals surface area contributed by atoms with Gasteiger partial charge in [0.15, 0.2) is 5.78 Å². The molecule has 0 radical (unpaired) electrons. The third-order valence-corrected chi connectivity index (χ3v) is 2.66. The number of carbonyl (C=O) groups is 2. The number of benzene rings is 1. The van der Waals surface area contributed by atoms with Gasteiger partial charge in [-0.3, -0.25) is 4.79 Å². The number of likely N-dealkylation sites (N-methyl/N-ethyl adjacent to an activating group) is 1. The number of ketones is 1. The van der Waals surface area contributed by atoms with Crippen molar-refractivity contribution >= 4 is 17.4 Å². The molecule has 1 aromatic carbocycles. The highest BCUT2D eigenvalue weighted by Crippen LogP contribution is 2.15. The van der Waals surface area contributed by atoms with Crippen LogP contribution in [0, 0.1) is 0 Å². The summed E-state index contributed by atoms with van der Waals surface area (Å²) in [6.07, 6.45) is 0. The lowest BCUT2D eigenvalue weighted by atomic mass is 10.1. The van der Waals surface area contributed by atoms with Crippen LogP contribution in [0.25, 0.3) is 0 Å². The monoisotopic (exact) mass is 247 g/mol. The maximum atomic E-state index is 11.3. The van der Waals surface area contributed by atoms with Gasteiger partial charge in [-0.05, 0) is 31.2 Å². The molecule has 0 saturated heterocycles. The highest BCUT2D eigenvalue weighted by Gasteiger charge is 2.08. The van der Waals surface area contributed by atoms with E-state index in [2.05, 4.69) is 11.3 Å². The number of nitrogens with zero attached hydrogens (tertiary/aromatic N) is 1. The molecule has 0 fully saturated rings. The molecule has 4 nitrogen and oxygen atoms in total. The molecular weight excluding hydrogens is 230 g/mol. The lowest BCUT2D eigenvalue weighted by molar-refractivity contribution is -0.113. The van der Waals surface area contributed by atoms with Gasteiger partial charge in [-0.25, -0.2) is 4.79 Å². The SMILES string of the molecule is C=C(CN(C)c1ccc(C(=O)OC)cc1)C(C)=O. The van der Waals surface area contributed by atoms with Gasteiger partial charge in [0.05, 0.1) is 12.7 Å².